The molecule has 1 aliphatic heterocycles. The van der Waals surface area contributed by atoms with Crippen molar-refractivity contribution >= 4 is 22.9 Å². The molecule has 0 unspecified atom stereocenters. The van der Waals surface area contributed by atoms with Gasteiger partial charge in [0.25, 0.3) is 5.91 Å². The van der Waals surface area contributed by atoms with Crippen LogP contribution in [0.4, 0.5) is 10.1 Å². The van der Waals surface area contributed by atoms with Crippen LogP contribution < -0.4 is 9.70 Å². The molecule has 0 bridgehead atoms. The van der Waals surface area contributed by atoms with Crippen LogP contribution in [0.25, 0.3) is 10.6 Å². The monoisotopic (exact) mass is 439 g/mol. The van der Waals surface area contributed by atoms with E-state index < -0.39 is 0 Å². The Balaban J connectivity index is 1.40. The van der Waals surface area contributed by atoms with Gasteiger partial charge in [0.2, 0.25) is 4.80 Å². The van der Waals surface area contributed by atoms with Crippen molar-refractivity contribution in [2.45, 2.75) is 13.3 Å². The van der Waals surface area contributed by atoms with E-state index in [-0.39, 0.29) is 11.7 Å². The van der Waals surface area contributed by atoms with Gasteiger partial charge in [0.1, 0.15) is 10.8 Å². The Morgan fingerprint density at radius 3 is 2.39 bits per heavy atom. The lowest BCUT2D eigenvalue weighted by Gasteiger charge is -2.36. The second kappa shape index (κ2) is 9.43. The van der Waals surface area contributed by atoms with Crippen molar-refractivity contribution in [1.29, 1.82) is 0 Å². The molecule has 1 aliphatic rings. The number of anilines is 1. The predicted molar refractivity (Wildman–Crippen MR) is 122 cm³/mol. The van der Waals surface area contributed by atoms with Crippen LogP contribution in [0.5, 0.6) is 0 Å². The number of hydrogen-bond donors (Lipinski definition) is 0. The van der Waals surface area contributed by atoms with Crippen molar-refractivity contribution in [3.8, 4) is 10.6 Å². The summed E-state index contributed by atoms with van der Waals surface area (Å²) in [4.78, 5) is 22.4. The van der Waals surface area contributed by atoms with Gasteiger partial charge in [0.05, 0.1) is 0 Å². The van der Waals surface area contributed by atoms with E-state index in [1.165, 1.54) is 12.1 Å². The molecule has 0 spiro atoms. The largest absolute Gasteiger partial charge is 0.368 e. The van der Waals surface area contributed by atoms with E-state index in [2.05, 4.69) is 21.9 Å². The predicted octanol–water partition coefficient (Wildman–Crippen LogP) is 3.56. The molecule has 3 aromatic rings. The molecule has 2 aromatic carbocycles. The van der Waals surface area contributed by atoms with Crippen molar-refractivity contribution in [3.05, 3.63) is 64.7 Å². The maximum absolute atomic E-state index is 13.1. The minimum absolute atomic E-state index is 0.0358. The smallest absolute Gasteiger partial charge is 0.253 e. The fourth-order valence-electron chi connectivity index (χ4n) is 3.57. The summed E-state index contributed by atoms with van der Waals surface area (Å²) < 4.78 is 14.9. The molecule has 0 radical (unpaired) electrons. The molecular formula is C23H26FN5OS. The third kappa shape index (κ3) is 4.85. The number of carbonyl (C=O) groups is 1. The van der Waals surface area contributed by atoms with Gasteiger partial charge < -0.3 is 9.80 Å². The summed E-state index contributed by atoms with van der Waals surface area (Å²) in [6, 6.07) is 14.1. The zero-order valence-corrected chi connectivity index (χ0v) is 18.6. The molecule has 0 aliphatic carbocycles. The van der Waals surface area contributed by atoms with Crippen LogP contribution in [-0.2, 0) is 7.05 Å². The summed E-state index contributed by atoms with van der Waals surface area (Å²) in [5.74, 6) is -0.201. The van der Waals surface area contributed by atoms with Crippen LogP contribution in [0.2, 0.25) is 0 Å². The van der Waals surface area contributed by atoms with Gasteiger partial charge in [0, 0.05) is 56.6 Å². The van der Waals surface area contributed by atoms with Gasteiger partial charge in [-0.2, -0.15) is 5.10 Å². The number of piperazine rings is 1. The van der Waals surface area contributed by atoms with Crippen LogP contribution >= 0.6 is 11.3 Å². The number of carbonyl (C=O) groups excluding carboxylic acids is 1. The van der Waals surface area contributed by atoms with E-state index in [9.17, 15) is 9.18 Å². The first-order valence-electron chi connectivity index (χ1n) is 10.5. The number of nitrogens with zero attached hydrogens (tertiary/aromatic N) is 5. The second-order valence-electron chi connectivity index (χ2n) is 7.53. The number of halogens is 1. The van der Waals surface area contributed by atoms with Gasteiger partial charge in [-0.15, -0.1) is 0 Å². The Hall–Kier alpha value is -3.00. The maximum atomic E-state index is 13.1. The fourth-order valence-corrected chi connectivity index (χ4v) is 4.49. The Bertz CT molecular complexity index is 1100. The SMILES string of the molecule is CCCN=c1sc(-c2ccc(C(=O)N3CCN(c4ccc(F)cc4)CC3)cc2)nn1C. The van der Waals surface area contributed by atoms with Crippen molar-refractivity contribution in [1.82, 2.24) is 14.7 Å². The van der Waals surface area contributed by atoms with Crippen molar-refractivity contribution in [3.63, 3.8) is 0 Å². The van der Waals surface area contributed by atoms with Crippen molar-refractivity contribution in [2.75, 3.05) is 37.6 Å². The molecule has 8 heteroatoms. The normalized spacial score (nSPS) is 14.9. The molecule has 1 saturated heterocycles. The molecule has 1 fully saturated rings. The van der Waals surface area contributed by atoms with Crippen LogP contribution in [0.15, 0.2) is 53.5 Å². The topological polar surface area (TPSA) is 53.7 Å². The first-order chi connectivity index (χ1) is 15.0. The Kier molecular flexibility index (Phi) is 6.46. The number of aryl methyl sites for hydroxylation is 1. The summed E-state index contributed by atoms with van der Waals surface area (Å²) in [6.45, 7) is 5.64. The number of aromatic nitrogens is 2. The van der Waals surface area contributed by atoms with Gasteiger partial charge in [-0.3, -0.25) is 9.79 Å². The van der Waals surface area contributed by atoms with Crippen molar-refractivity contribution in [2.24, 2.45) is 12.0 Å². The molecule has 0 saturated carbocycles. The van der Waals surface area contributed by atoms with Crippen LogP contribution in [-0.4, -0.2) is 53.3 Å². The minimum Gasteiger partial charge on any atom is -0.368 e. The summed E-state index contributed by atoms with van der Waals surface area (Å²) in [7, 11) is 1.90. The van der Waals surface area contributed by atoms with Gasteiger partial charge >= 0.3 is 0 Å². The highest BCUT2D eigenvalue weighted by molar-refractivity contribution is 7.12. The highest BCUT2D eigenvalue weighted by atomic mass is 32.1. The van der Waals surface area contributed by atoms with Crippen LogP contribution in [0, 0.1) is 5.82 Å². The Morgan fingerprint density at radius 2 is 1.74 bits per heavy atom. The molecule has 1 aromatic heterocycles. The number of hydrogen-bond acceptors (Lipinski definition) is 5. The first kappa shape index (κ1) is 21.2. The van der Waals surface area contributed by atoms with Gasteiger partial charge in [-0.1, -0.05) is 30.4 Å². The minimum atomic E-state index is -0.237. The zero-order chi connectivity index (χ0) is 21.8. The molecule has 0 atom stereocenters. The fraction of sp³-hybridized carbons (Fsp3) is 0.348. The lowest BCUT2D eigenvalue weighted by molar-refractivity contribution is 0.0747. The Labute approximate surface area is 185 Å². The average Bonchev–Trinajstić information content (AvgIpc) is 3.18. The molecule has 2 heterocycles. The summed E-state index contributed by atoms with van der Waals surface area (Å²) >= 11 is 1.55. The molecule has 1 amide bonds. The van der Waals surface area contributed by atoms with E-state index in [0.29, 0.717) is 18.7 Å². The molecule has 31 heavy (non-hydrogen) atoms. The molecule has 6 nitrogen and oxygen atoms in total. The summed E-state index contributed by atoms with van der Waals surface area (Å²) in [6.07, 6.45) is 1.00. The average molecular weight is 440 g/mol. The molecule has 0 N–H and O–H groups in total. The van der Waals surface area contributed by atoms with Crippen molar-refractivity contribution < 1.29 is 9.18 Å². The number of rotatable bonds is 5. The van der Waals surface area contributed by atoms with E-state index in [1.54, 1.807) is 28.2 Å². The quantitative estimate of drug-likeness (QED) is 0.611. The molecular weight excluding hydrogens is 413 g/mol. The second-order valence-corrected chi connectivity index (χ2v) is 8.48. The third-order valence-corrected chi connectivity index (χ3v) is 6.40. The first-order valence-corrected chi connectivity index (χ1v) is 11.3. The van der Waals surface area contributed by atoms with Gasteiger partial charge in [0.15, 0.2) is 0 Å². The van der Waals surface area contributed by atoms with E-state index >= 15 is 0 Å². The third-order valence-electron chi connectivity index (χ3n) is 5.31. The highest BCUT2D eigenvalue weighted by Crippen LogP contribution is 2.21. The lowest BCUT2D eigenvalue weighted by Crippen LogP contribution is -2.48. The Morgan fingerprint density at radius 1 is 1.06 bits per heavy atom. The lowest BCUT2D eigenvalue weighted by atomic mass is 10.1. The summed E-state index contributed by atoms with van der Waals surface area (Å²) in [5.41, 5.74) is 2.64. The number of benzene rings is 2. The van der Waals surface area contributed by atoms with Gasteiger partial charge in [-0.25, -0.2) is 9.07 Å². The van der Waals surface area contributed by atoms with E-state index in [1.807, 2.05) is 36.2 Å². The van der Waals surface area contributed by atoms with Gasteiger partial charge in [-0.05, 0) is 42.8 Å². The number of amides is 1. The maximum Gasteiger partial charge on any atom is 0.253 e. The van der Waals surface area contributed by atoms with E-state index in [4.69, 9.17) is 0 Å². The standard InChI is InChI=1S/C23H26FN5OS/c1-3-12-25-23-27(2)26-21(31-23)17-4-6-18(7-5-17)22(30)29-15-13-28(14-16-29)20-10-8-19(24)9-11-20/h4-11H,3,12-16H2,1-2H3. The van der Waals surface area contributed by atoms with E-state index in [0.717, 1.165) is 47.1 Å². The summed E-state index contributed by atoms with van der Waals surface area (Å²) in [5, 5.41) is 5.45. The molecule has 162 valence electrons. The zero-order valence-electron chi connectivity index (χ0n) is 17.8. The molecule has 4 rings (SSSR count). The van der Waals surface area contributed by atoms with Crippen LogP contribution in [0.1, 0.15) is 23.7 Å². The van der Waals surface area contributed by atoms with Crippen LogP contribution in [0.3, 0.4) is 0 Å². The highest BCUT2D eigenvalue weighted by Gasteiger charge is 2.22.